The Labute approximate surface area is 197 Å². The van der Waals surface area contributed by atoms with Gasteiger partial charge >= 0.3 is 0 Å². The molecule has 170 valence electrons. The van der Waals surface area contributed by atoms with E-state index in [1.165, 1.54) is 10.7 Å². The molecule has 0 unspecified atom stereocenters. The summed E-state index contributed by atoms with van der Waals surface area (Å²) in [4.78, 5) is 21.7. The van der Waals surface area contributed by atoms with Crippen LogP contribution in [0, 0.1) is 11.3 Å². The highest BCUT2D eigenvalue weighted by molar-refractivity contribution is 5.78. The molecule has 4 aromatic rings. The largest absolute Gasteiger partial charge is 0.497 e. The molecule has 2 heterocycles. The summed E-state index contributed by atoms with van der Waals surface area (Å²) in [6.07, 6.45) is 0. The molecule has 1 N–H and O–H groups in total. The van der Waals surface area contributed by atoms with Crippen LogP contribution in [0.1, 0.15) is 31.1 Å². The molecule has 0 saturated heterocycles. The Morgan fingerprint density at radius 2 is 1.74 bits per heavy atom. The number of hydrogen-bond acceptors (Lipinski definition) is 7. The molecule has 2 aromatic heterocycles. The van der Waals surface area contributed by atoms with Gasteiger partial charge in [-0.05, 0) is 37.6 Å². The SMILES string of the molecule is COc1ccc(CNc2nc(-c3ccc(=O)n(C(C)C)n3)c(-c3ccccc3)nc2C#N)cc1. The first-order chi connectivity index (χ1) is 16.5. The Bertz CT molecular complexity index is 1390. The monoisotopic (exact) mass is 452 g/mol. The molecule has 0 aliphatic carbocycles. The number of aromatic nitrogens is 4. The van der Waals surface area contributed by atoms with Crippen LogP contribution in [0.5, 0.6) is 5.75 Å². The molecule has 0 amide bonds. The molecule has 0 aliphatic rings. The van der Waals surface area contributed by atoms with Crippen molar-refractivity contribution in [3.63, 3.8) is 0 Å². The Morgan fingerprint density at radius 3 is 2.38 bits per heavy atom. The Hall–Kier alpha value is -4.51. The Morgan fingerprint density at radius 1 is 1.00 bits per heavy atom. The topological polar surface area (TPSA) is 106 Å². The van der Waals surface area contributed by atoms with Crippen LogP contribution in [0.2, 0.25) is 0 Å². The van der Waals surface area contributed by atoms with Gasteiger partial charge < -0.3 is 10.1 Å². The molecule has 2 aromatic carbocycles. The van der Waals surface area contributed by atoms with E-state index in [0.717, 1.165) is 16.9 Å². The summed E-state index contributed by atoms with van der Waals surface area (Å²) in [5.41, 5.74) is 3.27. The lowest BCUT2D eigenvalue weighted by atomic mass is 10.1. The molecule has 0 atom stereocenters. The van der Waals surface area contributed by atoms with Crippen LogP contribution < -0.4 is 15.6 Å². The van der Waals surface area contributed by atoms with E-state index in [2.05, 4.69) is 21.5 Å². The summed E-state index contributed by atoms with van der Waals surface area (Å²) in [5, 5.41) is 17.6. The van der Waals surface area contributed by atoms with Crippen LogP contribution in [0.4, 0.5) is 5.82 Å². The van der Waals surface area contributed by atoms with E-state index < -0.39 is 0 Å². The van der Waals surface area contributed by atoms with Gasteiger partial charge in [-0.1, -0.05) is 42.5 Å². The van der Waals surface area contributed by atoms with Crippen molar-refractivity contribution in [1.82, 2.24) is 19.7 Å². The van der Waals surface area contributed by atoms with Crippen molar-refractivity contribution in [1.29, 1.82) is 5.26 Å². The van der Waals surface area contributed by atoms with E-state index in [9.17, 15) is 10.1 Å². The predicted octanol–water partition coefficient (Wildman–Crippen LogP) is 4.44. The van der Waals surface area contributed by atoms with Crippen LogP contribution in [0.15, 0.2) is 71.5 Å². The van der Waals surface area contributed by atoms with Gasteiger partial charge in [-0.2, -0.15) is 10.4 Å². The first-order valence-corrected chi connectivity index (χ1v) is 10.8. The molecule has 0 fully saturated rings. The van der Waals surface area contributed by atoms with Crippen molar-refractivity contribution in [2.75, 3.05) is 12.4 Å². The normalized spacial score (nSPS) is 10.7. The van der Waals surface area contributed by atoms with Crippen LogP contribution in [0.25, 0.3) is 22.6 Å². The molecule has 8 nitrogen and oxygen atoms in total. The van der Waals surface area contributed by atoms with Crippen LogP contribution in [-0.2, 0) is 6.54 Å². The molecule has 4 rings (SSSR count). The van der Waals surface area contributed by atoms with Gasteiger partial charge in [0.1, 0.15) is 23.2 Å². The lowest BCUT2D eigenvalue weighted by Crippen LogP contribution is -2.24. The number of nitrogens with one attached hydrogen (secondary N) is 1. The van der Waals surface area contributed by atoms with E-state index in [0.29, 0.717) is 29.4 Å². The number of hydrogen-bond donors (Lipinski definition) is 1. The maximum Gasteiger partial charge on any atom is 0.267 e. The highest BCUT2D eigenvalue weighted by Crippen LogP contribution is 2.30. The first-order valence-electron chi connectivity index (χ1n) is 10.8. The standard InChI is InChI=1S/C26H24N6O2/c1-17(2)32-23(33)14-13-21(31-32)25-24(19-7-5-4-6-8-19)29-22(15-27)26(30-25)28-16-18-9-11-20(34-3)12-10-18/h4-14,17H,16H2,1-3H3,(H,28,30). The van der Waals surface area contributed by atoms with Crippen molar-refractivity contribution in [2.24, 2.45) is 0 Å². The number of nitrogens with zero attached hydrogens (tertiary/aromatic N) is 5. The zero-order valence-electron chi connectivity index (χ0n) is 19.2. The van der Waals surface area contributed by atoms with Crippen LogP contribution >= 0.6 is 0 Å². The Kier molecular flexibility index (Phi) is 6.64. The van der Waals surface area contributed by atoms with E-state index in [1.54, 1.807) is 13.2 Å². The Balaban J connectivity index is 1.81. The fourth-order valence-electron chi connectivity index (χ4n) is 3.46. The minimum absolute atomic E-state index is 0.119. The third-order valence-electron chi connectivity index (χ3n) is 5.22. The van der Waals surface area contributed by atoms with Gasteiger partial charge in [0, 0.05) is 18.2 Å². The first kappa shape index (κ1) is 22.7. The second-order valence-corrected chi connectivity index (χ2v) is 7.89. The smallest absolute Gasteiger partial charge is 0.267 e. The number of benzene rings is 2. The van der Waals surface area contributed by atoms with Crippen molar-refractivity contribution in [2.45, 2.75) is 26.4 Å². The zero-order valence-corrected chi connectivity index (χ0v) is 19.2. The quantitative estimate of drug-likeness (QED) is 0.442. The molecule has 0 aliphatic heterocycles. The highest BCUT2D eigenvalue weighted by Gasteiger charge is 2.19. The third kappa shape index (κ3) is 4.79. The summed E-state index contributed by atoms with van der Waals surface area (Å²) < 4.78 is 6.62. The van der Waals surface area contributed by atoms with E-state index in [-0.39, 0.29) is 17.3 Å². The molecule has 0 saturated carbocycles. The van der Waals surface area contributed by atoms with Crippen molar-refractivity contribution >= 4 is 5.82 Å². The van der Waals surface area contributed by atoms with Crippen LogP contribution in [-0.4, -0.2) is 26.9 Å². The summed E-state index contributed by atoms with van der Waals surface area (Å²) in [6, 6.07) is 22.2. The number of anilines is 1. The van der Waals surface area contributed by atoms with E-state index in [1.807, 2.05) is 68.4 Å². The van der Waals surface area contributed by atoms with Gasteiger partial charge in [-0.25, -0.2) is 14.6 Å². The highest BCUT2D eigenvalue weighted by atomic mass is 16.5. The number of nitriles is 1. The summed E-state index contributed by atoms with van der Waals surface area (Å²) in [6.45, 7) is 4.22. The maximum atomic E-state index is 12.3. The van der Waals surface area contributed by atoms with Crippen molar-refractivity contribution in [3.8, 4) is 34.5 Å². The van der Waals surface area contributed by atoms with Gasteiger partial charge in [-0.15, -0.1) is 0 Å². The average Bonchev–Trinajstić information content (AvgIpc) is 2.88. The second-order valence-electron chi connectivity index (χ2n) is 7.89. The fraction of sp³-hybridized carbons (Fsp3) is 0.192. The molecular weight excluding hydrogens is 428 g/mol. The number of rotatable bonds is 7. The van der Waals surface area contributed by atoms with Gasteiger partial charge in [0.15, 0.2) is 11.5 Å². The minimum atomic E-state index is -0.195. The van der Waals surface area contributed by atoms with Crippen LogP contribution in [0.3, 0.4) is 0 Å². The van der Waals surface area contributed by atoms with Crippen molar-refractivity contribution < 1.29 is 4.74 Å². The molecule has 8 heteroatoms. The van der Waals surface area contributed by atoms with Gasteiger partial charge in [0.25, 0.3) is 5.56 Å². The zero-order chi connectivity index (χ0) is 24.1. The van der Waals surface area contributed by atoms with Gasteiger partial charge in [-0.3, -0.25) is 4.79 Å². The van der Waals surface area contributed by atoms with Gasteiger partial charge in [0.2, 0.25) is 0 Å². The predicted molar refractivity (Wildman–Crippen MR) is 130 cm³/mol. The minimum Gasteiger partial charge on any atom is -0.497 e. The molecule has 34 heavy (non-hydrogen) atoms. The molecular formula is C26H24N6O2. The van der Waals surface area contributed by atoms with E-state index in [4.69, 9.17) is 9.72 Å². The number of methoxy groups -OCH3 is 1. The maximum absolute atomic E-state index is 12.3. The summed E-state index contributed by atoms with van der Waals surface area (Å²) >= 11 is 0. The molecule has 0 spiro atoms. The second kappa shape index (κ2) is 9.96. The summed E-state index contributed by atoms with van der Waals surface area (Å²) in [7, 11) is 1.62. The third-order valence-corrected chi connectivity index (χ3v) is 5.22. The fourth-order valence-corrected chi connectivity index (χ4v) is 3.46. The summed E-state index contributed by atoms with van der Waals surface area (Å²) in [5.74, 6) is 1.11. The lowest BCUT2D eigenvalue weighted by Gasteiger charge is -2.15. The molecule has 0 radical (unpaired) electrons. The lowest BCUT2D eigenvalue weighted by molar-refractivity contribution is 0.414. The average molecular weight is 453 g/mol. The van der Waals surface area contributed by atoms with E-state index >= 15 is 0 Å². The van der Waals surface area contributed by atoms with Gasteiger partial charge in [0.05, 0.1) is 18.8 Å². The molecule has 0 bridgehead atoms. The van der Waals surface area contributed by atoms with Crippen molar-refractivity contribution in [3.05, 3.63) is 88.3 Å². The number of ether oxygens (including phenoxy) is 1.